The second-order valence-electron chi connectivity index (χ2n) is 5.31. The zero-order valence-electron chi connectivity index (χ0n) is 12.6. The van der Waals surface area contributed by atoms with E-state index in [1.165, 1.54) is 6.07 Å². The van der Waals surface area contributed by atoms with Gasteiger partial charge in [0.2, 0.25) is 0 Å². The maximum atomic E-state index is 13.6. The molecule has 19 heavy (non-hydrogen) atoms. The molecule has 0 radical (unpaired) electrons. The van der Waals surface area contributed by atoms with Crippen LogP contribution in [-0.2, 0) is 0 Å². The van der Waals surface area contributed by atoms with E-state index in [0.29, 0.717) is 0 Å². The molecule has 3 N–H and O–H groups in total. The maximum absolute atomic E-state index is 13.6. The lowest BCUT2D eigenvalue weighted by Gasteiger charge is -2.45. The lowest BCUT2D eigenvalue weighted by molar-refractivity contribution is 0.0878. The standard InChI is InChI=1S/C15H26FN3/c1-6-15(7-2,19(4)5)14(18-17)13-10-12(16)9-8-11(13)3/h8-10,14,18H,6-7,17H2,1-5H3. The van der Waals surface area contributed by atoms with Crippen molar-refractivity contribution in [3.63, 3.8) is 0 Å². The molecule has 0 fully saturated rings. The molecular weight excluding hydrogens is 241 g/mol. The van der Waals surface area contributed by atoms with Crippen LogP contribution in [0.1, 0.15) is 43.9 Å². The van der Waals surface area contributed by atoms with Gasteiger partial charge in [-0.3, -0.25) is 11.3 Å². The Morgan fingerprint density at radius 1 is 1.32 bits per heavy atom. The molecule has 0 spiro atoms. The predicted octanol–water partition coefficient (Wildman–Crippen LogP) is 2.76. The van der Waals surface area contributed by atoms with Crippen molar-refractivity contribution in [1.82, 2.24) is 10.3 Å². The van der Waals surface area contributed by atoms with Crippen LogP contribution in [0.25, 0.3) is 0 Å². The molecule has 1 aromatic carbocycles. The highest BCUT2D eigenvalue weighted by atomic mass is 19.1. The number of halogens is 1. The first-order valence-electron chi connectivity index (χ1n) is 6.82. The molecule has 4 heteroatoms. The van der Waals surface area contributed by atoms with Crippen molar-refractivity contribution in [2.24, 2.45) is 5.84 Å². The minimum absolute atomic E-state index is 0.104. The molecule has 108 valence electrons. The van der Waals surface area contributed by atoms with E-state index in [2.05, 4.69) is 24.2 Å². The highest BCUT2D eigenvalue weighted by Crippen LogP contribution is 2.36. The number of nitrogens with one attached hydrogen (secondary N) is 1. The summed E-state index contributed by atoms with van der Waals surface area (Å²) in [6.07, 6.45) is 1.86. The second kappa shape index (κ2) is 6.46. The summed E-state index contributed by atoms with van der Waals surface area (Å²) in [5.74, 6) is 5.58. The van der Waals surface area contributed by atoms with Crippen LogP contribution in [0.15, 0.2) is 18.2 Å². The number of nitrogens with two attached hydrogens (primary N) is 1. The Balaban J connectivity index is 3.35. The number of benzene rings is 1. The van der Waals surface area contributed by atoms with E-state index in [0.717, 1.165) is 24.0 Å². The van der Waals surface area contributed by atoms with Crippen molar-refractivity contribution in [3.8, 4) is 0 Å². The van der Waals surface area contributed by atoms with Gasteiger partial charge in [-0.25, -0.2) is 4.39 Å². The predicted molar refractivity (Wildman–Crippen MR) is 78.2 cm³/mol. The van der Waals surface area contributed by atoms with Crippen LogP contribution >= 0.6 is 0 Å². The number of nitrogens with zero attached hydrogens (tertiary/aromatic N) is 1. The van der Waals surface area contributed by atoms with Gasteiger partial charge in [0, 0.05) is 5.54 Å². The molecule has 0 aromatic heterocycles. The summed E-state index contributed by atoms with van der Waals surface area (Å²) in [6, 6.07) is 4.78. The fourth-order valence-corrected chi connectivity index (χ4v) is 3.01. The third-order valence-corrected chi connectivity index (χ3v) is 4.37. The van der Waals surface area contributed by atoms with Gasteiger partial charge in [0.05, 0.1) is 6.04 Å². The van der Waals surface area contributed by atoms with Crippen molar-refractivity contribution < 1.29 is 4.39 Å². The summed E-state index contributed by atoms with van der Waals surface area (Å²) in [7, 11) is 4.10. The molecule has 1 aromatic rings. The van der Waals surface area contributed by atoms with Gasteiger partial charge in [-0.15, -0.1) is 0 Å². The molecule has 0 bridgehead atoms. The zero-order valence-corrected chi connectivity index (χ0v) is 12.6. The second-order valence-corrected chi connectivity index (χ2v) is 5.31. The minimum atomic E-state index is -0.222. The molecule has 0 heterocycles. The first-order chi connectivity index (χ1) is 8.92. The fourth-order valence-electron chi connectivity index (χ4n) is 3.01. The SMILES string of the molecule is CCC(CC)(C(NN)c1cc(F)ccc1C)N(C)C. The minimum Gasteiger partial charge on any atom is -0.302 e. The van der Waals surface area contributed by atoms with E-state index in [1.54, 1.807) is 12.1 Å². The van der Waals surface area contributed by atoms with Crippen molar-refractivity contribution in [2.75, 3.05) is 14.1 Å². The summed E-state index contributed by atoms with van der Waals surface area (Å²) in [5.41, 5.74) is 4.75. The third kappa shape index (κ3) is 2.96. The lowest BCUT2D eigenvalue weighted by atomic mass is 9.78. The molecule has 1 atom stereocenters. The molecule has 0 aliphatic rings. The number of aryl methyl sites for hydroxylation is 1. The van der Waals surface area contributed by atoms with Gasteiger partial charge in [-0.1, -0.05) is 19.9 Å². The summed E-state index contributed by atoms with van der Waals surface area (Å²) in [6.45, 7) is 6.27. The summed E-state index contributed by atoms with van der Waals surface area (Å²) < 4.78 is 13.6. The highest BCUT2D eigenvalue weighted by Gasteiger charge is 2.39. The van der Waals surface area contributed by atoms with E-state index in [4.69, 9.17) is 5.84 Å². The van der Waals surface area contributed by atoms with E-state index < -0.39 is 0 Å². The van der Waals surface area contributed by atoms with Crippen molar-refractivity contribution in [1.29, 1.82) is 0 Å². The van der Waals surface area contributed by atoms with E-state index in [9.17, 15) is 4.39 Å². The van der Waals surface area contributed by atoms with Crippen molar-refractivity contribution in [3.05, 3.63) is 35.1 Å². The van der Waals surface area contributed by atoms with Crippen molar-refractivity contribution >= 4 is 0 Å². The Kier molecular flexibility index (Phi) is 5.47. The molecule has 0 saturated heterocycles. The third-order valence-electron chi connectivity index (χ3n) is 4.37. The summed E-state index contributed by atoms with van der Waals surface area (Å²) >= 11 is 0. The lowest BCUT2D eigenvalue weighted by Crippen LogP contribution is -2.54. The largest absolute Gasteiger partial charge is 0.302 e. The van der Waals surface area contributed by atoms with E-state index >= 15 is 0 Å². The molecule has 0 aliphatic carbocycles. The van der Waals surface area contributed by atoms with Crippen LogP contribution in [-0.4, -0.2) is 24.5 Å². The Bertz CT molecular complexity index is 414. The molecule has 0 amide bonds. The summed E-state index contributed by atoms with van der Waals surface area (Å²) in [4.78, 5) is 2.18. The van der Waals surface area contributed by atoms with Gasteiger partial charge in [0.15, 0.2) is 0 Å². The topological polar surface area (TPSA) is 41.3 Å². The molecule has 0 saturated carbocycles. The first kappa shape index (κ1) is 16.1. The number of hydrazine groups is 1. The smallest absolute Gasteiger partial charge is 0.123 e. The van der Waals surface area contributed by atoms with Crippen LogP contribution in [0.2, 0.25) is 0 Å². The van der Waals surface area contributed by atoms with E-state index in [1.807, 2.05) is 21.0 Å². The number of rotatable bonds is 6. The molecule has 1 unspecified atom stereocenters. The maximum Gasteiger partial charge on any atom is 0.123 e. The van der Waals surface area contributed by atoms with Gasteiger partial charge >= 0.3 is 0 Å². The molecule has 0 aliphatic heterocycles. The zero-order chi connectivity index (χ0) is 14.6. The van der Waals surface area contributed by atoms with E-state index in [-0.39, 0.29) is 17.4 Å². The van der Waals surface area contributed by atoms with Gasteiger partial charge in [-0.05, 0) is 57.1 Å². The van der Waals surface area contributed by atoms with Gasteiger partial charge in [-0.2, -0.15) is 0 Å². The van der Waals surface area contributed by atoms with Crippen molar-refractivity contribution in [2.45, 2.75) is 45.2 Å². The van der Waals surface area contributed by atoms with Crippen LogP contribution in [0, 0.1) is 12.7 Å². The quantitative estimate of drug-likeness (QED) is 0.615. The van der Waals surface area contributed by atoms with Crippen LogP contribution in [0.4, 0.5) is 4.39 Å². The van der Waals surface area contributed by atoms with Gasteiger partial charge in [0.1, 0.15) is 5.82 Å². The molecular formula is C15H26FN3. The molecule has 1 rings (SSSR count). The number of hydrogen-bond donors (Lipinski definition) is 2. The highest BCUT2D eigenvalue weighted by molar-refractivity contribution is 5.32. The monoisotopic (exact) mass is 267 g/mol. The average molecular weight is 267 g/mol. The number of likely N-dealkylation sites (N-methyl/N-ethyl adjacent to an activating group) is 1. The Labute approximate surface area is 116 Å². The molecule has 3 nitrogen and oxygen atoms in total. The Morgan fingerprint density at radius 3 is 2.32 bits per heavy atom. The Morgan fingerprint density at radius 2 is 1.89 bits per heavy atom. The van der Waals surface area contributed by atoms with Gasteiger partial charge in [0.25, 0.3) is 0 Å². The van der Waals surface area contributed by atoms with Crippen LogP contribution < -0.4 is 11.3 Å². The number of hydrogen-bond acceptors (Lipinski definition) is 3. The summed E-state index contributed by atoms with van der Waals surface area (Å²) in [5, 5.41) is 0. The Hall–Kier alpha value is -0.970. The normalized spacial score (nSPS) is 13.9. The van der Waals surface area contributed by atoms with Crippen LogP contribution in [0.5, 0.6) is 0 Å². The van der Waals surface area contributed by atoms with Crippen LogP contribution in [0.3, 0.4) is 0 Å². The fraction of sp³-hybridized carbons (Fsp3) is 0.600. The average Bonchev–Trinajstić information content (AvgIpc) is 2.39. The first-order valence-corrected chi connectivity index (χ1v) is 6.82. The van der Waals surface area contributed by atoms with Gasteiger partial charge < -0.3 is 4.90 Å².